The number of aromatic nitrogens is 1. The third kappa shape index (κ3) is 5.92. The largest absolute Gasteiger partial charge is 0.494 e. The summed E-state index contributed by atoms with van der Waals surface area (Å²) in [5.74, 6) is -1.44. The molecule has 1 aromatic rings. The summed E-state index contributed by atoms with van der Waals surface area (Å²) in [7, 11) is 0. The van der Waals surface area contributed by atoms with Crippen molar-refractivity contribution in [1.29, 1.82) is 0 Å². The van der Waals surface area contributed by atoms with Crippen LogP contribution in [-0.4, -0.2) is 41.7 Å². The Labute approximate surface area is 174 Å². The predicted molar refractivity (Wildman–Crippen MR) is 113 cm³/mol. The molecule has 1 aromatic heterocycles. The number of hydroxylamine groups is 2. The maximum absolute atomic E-state index is 11.9. The van der Waals surface area contributed by atoms with E-state index in [1.165, 1.54) is 42.4 Å². The minimum atomic E-state index is -1.51. The molecule has 0 fully saturated rings. The van der Waals surface area contributed by atoms with Gasteiger partial charge in [-0.3, -0.25) is 9.77 Å². The molecule has 1 heterocycles. The van der Waals surface area contributed by atoms with E-state index in [0.717, 1.165) is 24.3 Å². The van der Waals surface area contributed by atoms with Gasteiger partial charge in [-0.1, -0.05) is 72.3 Å². The Hall–Kier alpha value is -2.15. The molecule has 0 amide bonds. The van der Waals surface area contributed by atoms with Gasteiger partial charge in [0, 0.05) is 12.1 Å². The van der Waals surface area contributed by atoms with Crippen molar-refractivity contribution in [3.63, 3.8) is 0 Å². The van der Waals surface area contributed by atoms with Gasteiger partial charge in [0.1, 0.15) is 0 Å². The van der Waals surface area contributed by atoms with Crippen LogP contribution >= 0.6 is 0 Å². The Kier molecular flexibility index (Phi) is 10.1. The molecule has 1 rings (SSSR count). The highest BCUT2D eigenvalue weighted by Crippen LogP contribution is 2.38. The van der Waals surface area contributed by atoms with E-state index in [-0.39, 0.29) is 30.3 Å². The highest BCUT2D eigenvalue weighted by atomic mass is 16.5. The molecule has 0 aliphatic rings. The Morgan fingerprint density at radius 2 is 1.52 bits per heavy atom. The van der Waals surface area contributed by atoms with Crippen molar-refractivity contribution in [2.24, 2.45) is 0 Å². The maximum atomic E-state index is 11.9. The molecule has 0 radical (unpaired) electrons. The van der Waals surface area contributed by atoms with Gasteiger partial charge in [-0.25, -0.2) is 9.86 Å². The summed E-state index contributed by atoms with van der Waals surface area (Å²) in [5, 5.41) is 41.7. The highest BCUT2D eigenvalue weighted by Gasteiger charge is 2.43. The van der Waals surface area contributed by atoms with Crippen LogP contribution in [-0.2, 0) is 4.79 Å². The van der Waals surface area contributed by atoms with Gasteiger partial charge < -0.3 is 15.3 Å². The molecule has 1 atom stereocenters. The summed E-state index contributed by atoms with van der Waals surface area (Å²) in [6, 6.07) is 2.08. The van der Waals surface area contributed by atoms with E-state index >= 15 is 0 Å². The Morgan fingerprint density at radius 1 is 1.03 bits per heavy atom. The molecule has 7 nitrogen and oxygen atoms in total. The van der Waals surface area contributed by atoms with Gasteiger partial charge in [0.25, 0.3) is 0 Å². The van der Waals surface area contributed by atoms with Gasteiger partial charge in [-0.2, -0.15) is 0 Å². The van der Waals surface area contributed by atoms with Gasteiger partial charge in [-0.15, -0.1) is 0 Å². The minimum Gasteiger partial charge on any atom is -0.494 e. The Balaban J connectivity index is 2.99. The molecule has 0 saturated heterocycles. The lowest BCUT2D eigenvalue weighted by Gasteiger charge is -2.40. The van der Waals surface area contributed by atoms with Crippen LogP contribution in [0.25, 0.3) is 0 Å². The van der Waals surface area contributed by atoms with Gasteiger partial charge in [0.05, 0.1) is 11.7 Å². The van der Waals surface area contributed by atoms with Crippen molar-refractivity contribution < 1.29 is 25.3 Å². The zero-order valence-corrected chi connectivity index (χ0v) is 18.1. The van der Waals surface area contributed by atoms with Crippen LogP contribution in [0.2, 0.25) is 0 Å². The fourth-order valence-electron chi connectivity index (χ4n) is 3.84. The second kappa shape index (κ2) is 11.8. The van der Waals surface area contributed by atoms with Crippen molar-refractivity contribution in [3.05, 3.63) is 24.4 Å². The van der Waals surface area contributed by atoms with E-state index < -0.39 is 17.6 Å². The molecule has 0 spiro atoms. The van der Waals surface area contributed by atoms with Crippen LogP contribution in [0.1, 0.15) is 91.0 Å². The Morgan fingerprint density at radius 3 is 1.97 bits per heavy atom. The van der Waals surface area contributed by atoms with E-state index in [0.29, 0.717) is 6.42 Å². The van der Waals surface area contributed by atoms with Crippen molar-refractivity contribution in [2.45, 2.75) is 96.6 Å². The van der Waals surface area contributed by atoms with Gasteiger partial charge in [0.15, 0.2) is 17.3 Å². The standard InChI is InChI=1S/C22H38N2O5/c1-5-8-9-10-11-12-13-14-18(23-19(25)15-16-20(23)26)17(4)24(29)22(6-2,7-3)21(27)28/h15-16,18,25-26,29H,4-14H2,1-3H3,(H,27,28). The average molecular weight is 411 g/mol. The summed E-state index contributed by atoms with van der Waals surface area (Å²) >= 11 is 0. The number of carboxylic acids is 1. The third-order valence-electron chi connectivity index (χ3n) is 5.90. The topological polar surface area (TPSA) is 106 Å². The summed E-state index contributed by atoms with van der Waals surface area (Å²) in [4.78, 5) is 11.9. The minimum absolute atomic E-state index is 0.142. The summed E-state index contributed by atoms with van der Waals surface area (Å²) in [6.07, 6.45) is 8.56. The molecular weight excluding hydrogens is 372 g/mol. The van der Waals surface area contributed by atoms with Gasteiger partial charge in [-0.05, 0) is 19.3 Å². The molecule has 0 aliphatic carbocycles. The van der Waals surface area contributed by atoms with E-state index in [1.807, 2.05) is 0 Å². The molecule has 1 unspecified atom stereocenters. The summed E-state index contributed by atoms with van der Waals surface area (Å²) < 4.78 is 1.29. The number of hydrogen-bond acceptors (Lipinski definition) is 5. The van der Waals surface area contributed by atoms with Crippen molar-refractivity contribution in [3.8, 4) is 11.8 Å². The average Bonchev–Trinajstić information content (AvgIpc) is 3.03. The second-order valence-corrected chi connectivity index (χ2v) is 7.69. The van der Waals surface area contributed by atoms with Crippen LogP contribution in [0.4, 0.5) is 0 Å². The number of carbonyl (C=O) groups is 1. The fraction of sp³-hybridized carbons (Fsp3) is 0.682. The van der Waals surface area contributed by atoms with E-state index in [1.54, 1.807) is 13.8 Å². The van der Waals surface area contributed by atoms with Crippen LogP contribution in [0, 0.1) is 0 Å². The molecule has 4 N–H and O–H groups in total. The monoisotopic (exact) mass is 410 g/mol. The SMILES string of the molecule is C=C(C(CCCCCCCCC)n1c(O)ccc1O)N(O)C(CC)(CC)C(=O)O. The number of nitrogens with zero attached hydrogens (tertiary/aromatic N) is 2. The highest BCUT2D eigenvalue weighted by molar-refractivity contribution is 5.78. The number of allylic oxidation sites excluding steroid dienone is 1. The number of carboxylic acid groups (broad SMARTS) is 1. The van der Waals surface area contributed by atoms with Crippen LogP contribution < -0.4 is 0 Å². The number of aliphatic carboxylic acids is 1. The molecular formula is C22H38N2O5. The van der Waals surface area contributed by atoms with Gasteiger partial charge in [0.2, 0.25) is 0 Å². The predicted octanol–water partition coefficient (Wildman–Crippen LogP) is 5.43. The molecule has 29 heavy (non-hydrogen) atoms. The zero-order chi connectivity index (χ0) is 22.0. The first-order valence-electron chi connectivity index (χ1n) is 10.8. The molecule has 166 valence electrons. The van der Waals surface area contributed by atoms with Gasteiger partial charge >= 0.3 is 5.97 Å². The number of hydrogen-bond donors (Lipinski definition) is 4. The summed E-state index contributed by atoms with van der Waals surface area (Å²) in [5.41, 5.74) is -1.36. The number of aromatic hydroxyl groups is 2. The molecule has 0 bridgehead atoms. The molecule has 0 saturated carbocycles. The van der Waals surface area contributed by atoms with E-state index in [9.17, 15) is 25.3 Å². The van der Waals surface area contributed by atoms with E-state index in [2.05, 4.69) is 13.5 Å². The normalized spacial score (nSPS) is 12.7. The smallest absolute Gasteiger partial charge is 0.332 e. The lowest BCUT2D eigenvalue weighted by Crippen LogP contribution is -2.52. The Bertz CT molecular complexity index is 632. The fourth-order valence-corrected chi connectivity index (χ4v) is 3.84. The third-order valence-corrected chi connectivity index (χ3v) is 5.90. The molecule has 0 aromatic carbocycles. The lowest BCUT2D eigenvalue weighted by molar-refractivity contribution is -0.187. The first kappa shape index (κ1) is 24.9. The molecule has 0 aliphatic heterocycles. The van der Waals surface area contributed by atoms with Crippen LogP contribution in [0.5, 0.6) is 11.8 Å². The van der Waals surface area contributed by atoms with Crippen LogP contribution in [0.3, 0.4) is 0 Å². The zero-order valence-electron chi connectivity index (χ0n) is 18.1. The second-order valence-electron chi connectivity index (χ2n) is 7.69. The summed E-state index contributed by atoms with van der Waals surface area (Å²) in [6.45, 7) is 9.52. The first-order valence-corrected chi connectivity index (χ1v) is 10.8. The quantitative estimate of drug-likeness (QED) is 0.227. The first-order chi connectivity index (χ1) is 13.8. The van der Waals surface area contributed by atoms with Crippen molar-refractivity contribution in [1.82, 2.24) is 9.63 Å². The maximum Gasteiger partial charge on any atom is 0.332 e. The number of unbranched alkanes of at least 4 members (excludes halogenated alkanes) is 6. The van der Waals surface area contributed by atoms with Crippen LogP contribution in [0.15, 0.2) is 24.4 Å². The van der Waals surface area contributed by atoms with E-state index in [4.69, 9.17) is 0 Å². The van der Waals surface area contributed by atoms with Crippen molar-refractivity contribution in [2.75, 3.05) is 0 Å². The molecule has 7 heteroatoms. The van der Waals surface area contributed by atoms with Crippen molar-refractivity contribution >= 4 is 5.97 Å². The lowest BCUT2D eigenvalue weighted by atomic mass is 9.90. The number of rotatable bonds is 15.